The van der Waals surface area contributed by atoms with Gasteiger partial charge in [-0.2, -0.15) is 0 Å². The van der Waals surface area contributed by atoms with Gasteiger partial charge in [-0.05, 0) is 30.7 Å². The van der Waals surface area contributed by atoms with Crippen LogP contribution in [0.3, 0.4) is 0 Å². The molecule has 22 heavy (non-hydrogen) atoms. The van der Waals surface area contributed by atoms with Crippen LogP contribution in [0.1, 0.15) is 29.7 Å². The number of aryl methyl sites for hydroxylation is 1. The van der Waals surface area contributed by atoms with Crippen molar-refractivity contribution in [3.8, 4) is 0 Å². The Kier molecular flexibility index (Phi) is 5.64. The van der Waals surface area contributed by atoms with E-state index in [1.54, 1.807) is 30.4 Å². The van der Waals surface area contributed by atoms with Crippen molar-refractivity contribution in [3.63, 3.8) is 0 Å². The maximum absolute atomic E-state index is 11.3. The molecule has 1 atom stereocenters. The molecule has 2 rings (SSSR count). The fourth-order valence-electron chi connectivity index (χ4n) is 2.01. The highest BCUT2D eigenvalue weighted by Gasteiger charge is 2.12. The van der Waals surface area contributed by atoms with Crippen molar-refractivity contribution in [2.45, 2.75) is 20.0 Å². The van der Waals surface area contributed by atoms with E-state index >= 15 is 0 Å². The van der Waals surface area contributed by atoms with Crippen LogP contribution in [0.15, 0.2) is 48.5 Å². The van der Waals surface area contributed by atoms with Crippen LogP contribution in [0.5, 0.6) is 0 Å². The molecular formula is C18H16Cl2O2. The zero-order chi connectivity index (χ0) is 16.1. The molecule has 1 unspecified atom stereocenters. The van der Waals surface area contributed by atoms with Crippen LogP contribution in [0.4, 0.5) is 0 Å². The number of esters is 1. The maximum Gasteiger partial charge on any atom is 0.303 e. The van der Waals surface area contributed by atoms with E-state index in [-0.39, 0.29) is 5.97 Å². The molecule has 0 fully saturated rings. The number of hydrogen-bond acceptors (Lipinski definition) is 2. The van der Waals surface area contributed by atoms with Crippen LogP contribution < -0.4 is 0 Å². The van der Waals surface area contributed by atoms with Crippen LogP contribution in [-0.4, -0.2) is 5.97 Å². The molecule has 0 saturated carbocycles. The number of halogens is 2. The van der Waals surface area contributed by atoms with Crippen molar-refractivity contribution in [2.75, 3.05) is 0 Å². The summed E-state index contributed by atoms with van der Waals surface area (Å²) in [4.78, 5) is 11.3. The first-order chi connectivity index (χ1) is 10.5. The Labute approximate surface area is 140 Å². The SMILES string of the molecule is CC(=O)OC(/C=C/c1c(Cl)cccc1Cl)c1ccc(C)cc1. The lowest BCUT2D eigenvalue weighted by molar-refractivity contribution is -0.144. The predicted octanol–water partition coefficient (Wildman–Crippen LogP) is 5.62. The minimum absolute atomic E-state index is 0.347. The van der Waals surface area contributed by atoms with Crippen LogP contribution in [-0.2, 0) is 9.53 Å². The Morgan fingerprint density at radius 3 is 2.23 bits per heavy atom. The van der Waals surface area contributed by atoms with Crippen molar-refractivity contribution < 1.29 is 9.53 Å². The van der Waals surface area contributed by atoms with Gasteiger partial charge in [0, 0.05) is 22.5 Å². The fraction of sp³-hybridized carbons (Fsp3) is 0.167. The summed E-state index contributed by atoms with van der Waals surface area (Å²) < 4.78 is 5.37. The summed E-state index contributed by atoms with van der Waals surface area (Å²) in [6.07, 6.45) is 3.07. The highest BCUT2D eigenvalue weighted by atomic mass is 35.5. The number of hydrogen-bond donors (Lipinski definition) is 0. The molecule has 0 bridgehead atoms. The largest absolute Gasteiger partial charge is 0.453 e. The Bertz CT molecular complexity index is 670. The minimum Gasteiger partial charge on any atom is -0.453 e. The van der Waals surface area contributed by atoms with Crippen LogP contribution in [0, 0.1) is 6.92 Å². The molecule has 0 aliphatic carbocycles. The van der Waals surface area contributed by atoms with Gasteiger partial charge in [0.25, 0.3) is 0 Å². The van der Waals surface area contributed by atoms with Gasteiger partial charge in [0.15, 0.2) is 0 Å². The minimum atomic E-state index is -0.481. The van der Waals surface area contributed by atoms with E-state index in [4.69, 9.17) is 27.9 Å². The van der Waals surface area contributed by atoms with Gasteiger partial charge in [-0.3, -0.25) is 4.79 Å². The maximum atomic E-state index is 11.3. The van der Waals surface area contributed by atoms with E-state index < -0.39 is 6.10 Å². The monoisotopic (exact) mass is 334 g/mol. The molecule has 0 heterocycles. The lowest BCUT2D eigenvalue weighted by atomic mass is 10.1. The molecule has 2 aromatic rings. The summed E-state index contributed by atoms with van der Waals surface area (Å²) >= 11 is 12.3. The first-order valence-electron chi connectivity index (χ1n) is 6.83. The lowest BCUT2D eigenvalue weighted by Crippen LogP contribution is -2.06. The van der Waals surface area contributed by atoms with Crippen LogP contribution in [0.2, 0.25) is 10.0 Å². The Balaban J connectivity index is 2.32. The zero-order valence-corrected chi connectivity index (χ0v) is 13.9. The van der Waals surface area contributed by atoms with E-state index in [0.717, 1.165) is 11.1 Å². The number of rotatable bonds is 4. The highest BCUT2D eigenvalue weighted by molar-refractivity contribution is 6.37. The van der Waals surface area contributed by atoms with Crippen LogP contribution >= 0.6 is 23.2 Å². The van der Waals surface area contributed by atoms with Crippen molar-refractivity contribution in [2.24, 2.45) is 0 Å². The fourth-order valence-corrected chi connectivity index (χ4v) is 2.53. The average Bonchev–Trinajstić information content (AvgIpc) is 2.46. The van der Waals surface area contributed by atoms with Gasteiger partial charge in [-0.15, -0.1) is 0 Å². The van der Waals surface area contributed by atoms with Gasteiger partial charge < -0.3 is 4.74 Å². The molecule has 0 saturated heterocycles. The van der Waals surface area contributed by atoms with Crippen LogP contribution in [0.25, 0.3) is 6.08 Å². The molecule has 0 radical (unpaired) electrons. The first kappa shape index (κ1) is 16.6. The molecule has 4 heteroatoms. The van der Waals surface area contributed by atoms with Gasteiger partial charge in [-0.25, -0.2) is 0 Å². The van der Waals surface area contributed by atoms with Crippen molar-refractivity contribution in [1.29, 1.82) is 0 Å². The predicted molar refractivity (Wildman–Crippen MR) is 91.2 cm³/mol. The zero-order valence-electron chi connectivity index (χ0n) is 12.3. The third kappa shape index (κ3) is 4.36. The molecule has 2 aromatic carbocycles. The van der Waals surface area contributed by atoms with Gasteiger partial charge in [0.1, 0.15) is 6.10 Å². The molecule has 0 aromatic heterocycles. The normalized spacial score (nSPS) is 12.4. The number of benzene rings is 2. The second-order valence-corrected chi connectivity index (χ2v) is 5.75. The van der Waals surface area contributed by atoms with Gasteiger partial charge >= 0.3 is 5.97 Å². The highest BCUT2D eigenvalue weighted by Crippen LogP contribution is 2.28. The van der Waals surface area contributed by atoms with E-state index in [0.29, 0.717) is 15.6 Å². The summed E-state index contributed by atoms with van der Waals surface area (Å²) in [5.74, 6) is -0.347. The van der Waals surface area contributed by atoms with Crippen molar-refractivity contribution in [1.82, 2.24) is 0 Å². The summed E-state index contributed by atoms with van der Waals surface area (Å²) in [6, 6.07) is 13.1. The number of carbonyl (C=O) groups is 1. The smallest absolute Gasteiger partial charge is 0.303 e. The Morgan fingerprint density at radius 1 is 1.09 bits per heavy atom. The Morgan fingerprint density at radius 2 is 1.68 bits per heavy atom. The number of carbonyl (C=O) groups excluding carboxylic acids is 1. The molecular weight excluding hydrogens is 319 g/mol. The molecule has 2 nitrogen and oxygen atoms in total. The van der Waals surface area contributed by atoms with E-state index in [1.165, 1.54) is 6.92 Å². The molecule has 0 amide bonds. The van der Waals surface area contributed by atoms with E-state index in [2.05, 4.69) is 0 Å². The number of ether oxygens (including phenoxy) is 1. The second-order valence-electron chi connectivity index (χ2n) is 4.94. The van der Waals surface area contributed by atoms with Gasteiger partial charge in [0.05, 0.1) is 0 Å². The first-order valence-corrected chi connectivity index (χ1v) is 7.59. The topological polar surface area (TPSA) is 26.3 Å². The summed E-state index contributed by atoms with van der Waals surface area (Å²) in [7, 11) is 0. The summed E-state index contributed by atoms with van der Waals surface area (Å²) in [6.45, 7) is 3.39. The quantitative estimate of drug-likeness (QED) is 0.678. The molecule has 114 valence electrons. The molecule has 0 aliphatic rings. The van der Waals surface area contributed by atoms with Crippen molar-refractivity contribution >= 4 is 35.2 Å². The molecule has 0 aliphatic heterocycles. The molecule has 0 spiro atoms. The van der Waals surface area contributed by atoms with Crippen molar-refractivity contribution in [3.05, 3.63) is 75.3 Å². The Hall–Kier alpha value is -1.77. The van der Waals surface area contributed by atoms with Gasteiger partial charge in [-0.1, -0.05) is 65.2 Å². The van der Waals surface area contributed by atoms with Gasteiger partial charge in [0.2, 0.25) is 0 Å². The molecule has 0 N–H and O–H groups in total. The van der Waals surface area contributed by atoms with E-state index in [1.807, 2.05) is 31.2 Å². The third-order valence-corrected chi connectivity index (χ3v) is 3.80. The lowest BCUT2D eigenvalue weighted by Gasteiger charge is -2.14. The van der Waals surface area contributed by atoms with E-state index in [9.17, 15) is 4.79 Å². The average molecular weight is 335 g/mol. The standard InChI is InChI=1S/C18H16Cl2O2/c1-12-6-8-14(9-7-12)18(22-13(2)21)11-10-15-16(19)4-3-5-17(15)20/h3-11,18H,1-2H3/b11-10+. The third-order valence-electron chi connectivity index (χ3n) is 3.14. The summed E-state index contributed by atoms with van der Waals surface area (Å²) in [5, 5.41) is 1.10. The second kappa shape index (κ2) is 7.48. The summed E-state index contributed by atoms with van der Waals surface area (Å²) in [5.41, 5.74) is 2.73.